The SMILES string of the molecule is COc1cc(CC(=O)NCCCNC(=O)NC(CC(=O)O)C(=O)O)ccc1NC(=O)Nc1ccccc1C. The van der Waals surface area contributed by atoms with E-state index in [4.69, 9.17) is 14.9 Å². The third-order valence-electron chi connectivity index (χ3n) is 5.22. The molecule has 0 aliphatic carbocycles. The number of anilines is 2. The number of urea groups is 2. The van der Waals surface area contributed by atoms with Gasteiger partial charge in [-0.15, -0.1) is 0 Å². The lowest BCUT2D eigenvalue weighted by atomic mass is 10.1. The zero-order chi connectivity index (χ0) is 28.1. The Hall–Kier alpha value is -4.81. The third-order valence-corrected chi connectivity index (χ3v) is 5.22. The second kappa shape index (κ2) is 14.7. The summed E-state index contributed by atoms with van der Waals surface area (Å²) < 4.78 is 5.35. The van der Waals surface area contributed by atoms with E-state index in [2.05, 4.69) is 26.6 Å². The van der Waals surface area contributed by atoms with Crippen molar-refractivity contribution in [2.24, 2.45) is 0 Å². The summed E-state index contributed by atoms with van der Waals surface area (Å²) >= 11 is 0. The third kappa shape index (κ3) is 10.0. The van der Waals surface area contributed by atoms with Crippen LogP contribution in [-0.4, -0.2) is 66.4 Å². The first-order valence-corrected chi connectivity index (χ1v) is 11.6. The first-order valence-electron chi connectivity index (χ1n) is 11.6. The second-order valence-electron chi connectivity index (χ2n) is 8.20. The molecule has 0 saturated carbocycles. The van der Waals surface area contributed by atoms with Crippen LogP contribution in [-0.2, 0) is 20.8 Å². The number of amides is 5. The molecule has 0 aromatic heterocycles. The zero-order valence-electron chi connectivity index (χ0n) is 21.0. The number of aliphatic carboxylic acids is 2. The van der Waals surface area contributed by atoms with Gasteiger partial charge in [0.1, 0.15) is 11.8 Å². The molecule has 1 unspecified atom stereocenters. The van der Waals surface area contributed by atoms with Crippen molar-refractivity contribution in [3.63, 3.8) is 0 Å². The molecule has 7 N–H and O–H groups in total. The smallest absolute Gasteiger partial charge is 0.326 e. The summed E-state index contributed by atoms with van der Waals surface area (Å²) in [5.74, 6) is -2.71. The van der Waals surface area contributed by atoms with Gasteiger partial charge < -0.3 is 41.5 Å². The number of carbonyl (C=O) groups excluding carboxylic acids is 3. The fourth-order valence-electron chi connectivity index (χ4n) is 3.29. The maximum absolute atomic E-state index is 12.4. The van der Waals surface area contributed by atoms with Crippen molar-refractivity contribution >= 4 is 41.3 Å². The highest BCUT2D eigenvalue weighted by Crippen LogP contribution is 2.26. The van der Waals surface area contributed by atoms with E-state index in [-0.39, 0.29) is 25.4 Å². The molecule has 13 nitrogen and oxygen atoms in total. The molecule has 2 aromatic carbocycles. The Morgan fingerprint density at radius 3 is 2.24 bits per heavy atom. The van der Waals surface area contributed by atoms with E-state index in [0.717, 1.165) is 5.56 Å². The lowest BCUT2D eigenvalue weighted by Crippen LogP contribution is -2.47. The lowest BCUT2D eigenvalue weighted by molar-refractivity contribution is -0.145. The van der Waals surface area contributed by atoms with Gasteiger partial charge in [-0.2, -0.15) is 0 Å². The Bertz CT molecular complexity index is 1170. The lowest BCUT2D eigenvalue weighted by Gasteiger charge is -2.14. The van der Waals surface area contributed by atoms with Crippen LogP contribution in [0.5, 0.6) is 5.75 Å². The molecule has 0 spiro atoms. The number of para-hydroxylation sites is 1. The van der Waals surface area contributed by atoms with Crippen LogP contribution in [0, 0.1) is 6.92 Å². The van der Waals surface area contributed by atoms with Crippen molar-refractivity contribution in [1.29, 1.82) is 0 Å². The van der Waals surface area contributed by atoms with Crippen molar-refractivity contribution in [2.45, 2.75) is 32.2 Å². The van der Waals surface area contributed by atoms with Crippen molar-refractivity contribution in [3.8, 4) is 5.75 Å². The Morgan fingerprint density at radius 2 is 1.58 bits per heavy atom. The summed E-state index contributed by atoms with van der Waals surface area (Å²) in [6.07, 6.45) is -0.339. The highest BCUT2D eigenvalue weighted by atomic mass is 16.5. The zero-order valence-corrected chi connectivity index (χ0v) is 21.0. The Balaban J connectivity index is 1.76. The van der Waals surface area contributed by atoms with Crippen molar-refractivity contribution in [3.05, 3.63) is 53.6 Å². The van der Waals surface area contributed by atoms with Crippen LogP contribution < -0.4 is 31.3 Å². The summed E-state index contributed by atoms with van der Waals surface area (Å²) in [5, 5.41) is 30.3. The van der Waals surface area contributed by atoms with Crippen molar-refractivity contribution in [1.82, 2.24) is 16.0 Å². The molecule has 0 heterocycles. The number of nitrogens with one attached hydrogen (secondary N) is 5. The minimum absolute atomic E-state index is 0.0510. The van der Waals surface area contributed by atoms with Gasteiger partial charge in [0.15, 0.2) is 0 Å². The highest BCUT2D eigenvalue weighted by Gasteiger charge is 2.22. The number of rotatable bonds is 13. The molecule has 0 aliphatic heterocycles. The fourth-order valence-corrected chi connectivity index (χ4v) is 3.29. The van der Waals surface area contributed by atoms with Gasteiger partial charge in [0, 0.05) is 18.8 Å². The molecular formula is C25H31N5O8. The largest absolute Gasteiger partial charge is 0.495 e. The first kappa shape index (κ1) is 29.4. The van der Waals surface area contributed by atoms with Gasteiger partial charge in [-0.25, -0.2) is 14.4 Å². The van der Waals surface area contributed by atoms with Gasteiger partial charge in [0.25, 0.3) is 0 Å². The maximum Gasteiger partial charge on any atom is 0.326 e. The highest BCUT2D eigenvalue weighted by molar-refractivity contribution is 6.01. The van der Waals surface area contributed by atoms with Gasteiger partial charge in [0.05, 0.1) is 25.6 Å². The standard InChI is InChI=1S/C25H31N5O8/c1-15-6-3-4-7-17(15)28-25(37)29-18-9-8-16(12-20(18)38-2)13-21(31)26-10-5-11-27-24(36)30-19(23(34)35)14-22(32)33/h3-4,6-9,12,19H,5,10-11,13-14H2,1-2H3,(H,26,31)(H,32,33)(H,34,35)(H2,27,30,36)(H2,28,29,37). The first-order chi connectivity index (χ1) is 18.1. The minimum atomic E-state index is -1.55. The molecule has 5 amide bonds. The molecule has 2 aromatic rings. The minimum Gasteiger partial charge on any atom is -0.495 e. The van der Waals surface area contributed by atoms with Gasteiger partial charge in [-0.05, 0) is 42.7 Å². The van der Waals surface area contributed by atoms with Crippen LogP contribution in [0.4, 0.5) is 21.0 Å². The van der Waals surface area contributed by atoms with Crippen molar-refractivity contribution in [2.75, 3.05) is 30.8 Å². The second-order valence-corrected chi connectivity index (χ2v) is 8.20. The molecule has 13 heteroatoms. The van der Waals surface area contributed by atoms with E-state index in [1.165, 1.54) is 7.11 Å². The molecule has 1 atom stereocenters. The number of benzene rings is 2. The molecule has 38 heavy (non-hydrogen) atoms. The molecule has 0 fully saturated rings. The quantitative estimate of drug-likeness (QED) is 0.191. The topological polar surface area (TPSA) is 195 Å². The summed E-state index contributed by atoms with van der Waals surface area (Å²) in [7, 11) is 1.45. The van der Waals surface area contributed by atoms with E-state index in [9.17, 15) is 24.0 Å². The predicted octanol–water partition coefficient (Wildman–Crippen LogP) is 1.92. The average Bonchev–Trinajstić information content (AvgIpc) is 2.85. The van der Waals surface area contributed by atoms with Crippen LogP contribution in [0.25, 0.3) is 0 Å². The Labute approximate surface area is 218 Å². The Kier molecular flexibility index (Phi) is 11.4. The van der Waals surface area contributed by atoms with Crippen LogP contribution in [0.2, 0.25) is 0 Å². The monoisotopic (exact) mass is 529 g/mol. The normalized spacial score (nSPS) is 11.0. The van der Waals surface area contributed by atoms with Crippen molar-refractivity contribution < 1.29 is 38.9 Å². The van der Waals surface area contributed by atoms with Crippen LogP contribution >= 0.6 is 0 Å². The van der Waals surface area contributed by atoms with Crippen LogP contribution in [0.1, 0.15) is 24.0 Å². The molecule has 0 aliphatic rings. The molecule has 204 valence electrons. The van der Waals surface area contributed by atoms with Gasteiger partial charge in [-0.1, -0.05) is 24.3 Å². The summed E-state index contributed by atoms with van der Waals surface area (Å²) in [4.78, 5) is 58.0. The number of hydrogen-bond acceptors (Lipinski definition) is 6. The van der Waals surface area contributed by atoms with E-state index >= 15 is 0 Å². The molecule has 0 bridgehead atoms. The maximum atomic E-state index is 12.4. The predicted molar refractivity (Wildman–Crippen MR) is 138 cm³/mol. The number of methoxy groups -OCH3 is 1. The molecule has 0 saturated heterocycles. The van der Waals surface area contributed by atoms with Crippen LogP contribution in [0.3, 0.4) is 0 Å². The Morgan fingerprint density at radius 1 is 0.895 bits per heavy atom. The van der Waals surface area contributed by atoms with Crippen LogP contribution in [0.15, 0.2) is 42.5 Å². The number of aryl methyl sites for hydroxylation is 1. The summed E-state index contributed by atoms with van der Waals surface area (Å²) in [5.41, 5.74) is 2.67. The summed E-state index contributed by atoms with van der Waals surface area (Å²) in [6, 6.07) is 9.52. The van der Waals surface area contributed by atoms with Gasteiger partial charge in [0.2, 0.25) is 5.91 Å². The number of hydrogen-bond donors (Lipinski definition) is 7. The van der Waals surface area contributed by atoms with E-state index in [1.807, 2.05) is 25.1 Å². The molecule has 2 rings (SSSR count). The van der Waals surface area contributed by atoms with E-state index < -0.39 is 36.5 Å². The van der Waals surface area contributed by atoms with Gasteiger partial charge in [-0.3, -0.25) is 9.59 Å². The number of carboxylic acid groups (broad SMARTS) is 2. The van der Waals surface area contributed by atoms with E-state index in [0.29, 0.717) is 29.1 Å². The average molecular weight is 530 g/mol. The molecule has 0 radical (unpaired) electrons. The number of carbonyl (C=O) groups is 5. The van der Waals surface area contributed by atoms with Gasteiger partial charge >= 0.3 is 24.0 Å². The number of carboxylic acids is 2. The fraction of sp³-hybridized carbons (Fsp3) is 0.320. The number of ether oxygens (including phenoxy) is 1. The van der Waals surface area contributed by atoms with E-state index in [1.54, 1.807) is 24.3 Å². The molecular weight excluding hydrogens is 498 g/mol. The summed E-state index contributed by atoms with van der Waals surface area (Å²) in [6.45, 7) is 2.25.